The highest BCUT2D eigenvalue weighted by Crippen LogP contribution is 2.36. The maximum atomic E-state index is 13.0. The molecule has 2 rings (SSSR count). The van der Waals surface area contributed by atoms with Crippen molar-refractivity contribution in [1.29, 1.82) is 0 Å². The molecule has 1 unspecified atom stereocenters. The predicted molar refractivity (Wildman–Crippen MR) is 69.9 cm³/mol. The van der Waals surface area contributed by atoms with Crippen molar-refractivity contribution in [2.75, 3.05) is 0 Å². The lowest BCUT2D eigenvalue weighted by molar-refractivity contribution is 0.616. The van der Waals surface area contributed by atoms with Gasteiger partial charge in [0.25, 0.3) is 0 Å². The largest absolute Gasteiger partial charge is 0.320 e. The van der Waals surface area contributed by atoms with E-state index in [-0.39, 0.29) is 11.9 Å². The average Bonchev–Trinajstić information content (AvgIpc) is 2.57. The Morgan fingerprint density at radius 2 is 2.06 bits per heavy atom. The molecule has 2 aromatic rings. The number of nitrogens with two attached hydrogens (primary N) is 1. The Kier molecular flexibility index (Phi) is 3.73. The molecular weight excluding hydrogens is 359 g/mol. The Balaban J connectivity index is 2.38. The zero-order valence-corrected chi connectivity index (χ0v) is 11.9. The van der Waals surface area contributed by atoms with Crippen molar-refractivity contribution < 1.29 is 4.39 Å². The molecule has 6 heteroatoms. The lowest BCUT2D eigenvalue weighted by Gasteiger charge is -2.10. The van der Waals surface area contributed by atoms with Crippen LogP contribution in [0.1, 0.15) is 17.2 Å². The number of nitrogens with zero attached hydrogens (tertiary/aromatic N) is 1. The molecule has 0 radical (unpaired) electrons. The molecule has 0 saturated carbocycles. The van der Waals surface area contributed by atoms with Gasteiger partial charge < -0.3 is 5.73 Å². The van der Waals surface area contributed by atoms with Gasteiger partial charge in [0.1, 0.15) is 5.82 Å². The summed E-state index contributed by atoms with van der Waals surface area (Å²) in [5.74, 6) is -0.377. The van der Waals surface area contributed by atoms with Gasteiger partial charge in [0.05, 0.1) is 19.8 Å². The quantitative estimate of drug-likeness (QED) is 0.877. The van der Waals surface area contributed by atoms with Gasteiger partial charge in [-0.15, -0.1) is 11.3 Å². The van der Waals surface area contributed by atoms with Crippen molar-refractivity contribution >= 4 is 43.2 Å². The van der Waals surface area contributed by atoms with Crippen molar-refractivity contribution in [2.45, 2.75) is 6.04 Å². The van der Waals surface area contributed by atoms with Gasteiger partial charge in [0.2, 0.25) is 0 Å². The molecule has 0 fully saturated rings. The summed E-state index contributed by atoms with van der Waals surface area (Å²) < 4.78 is 14.9. The minimum Gasteiger partial charge on any atom is -0.320 e. The number of hydrogen-bond donors (Lipinski definition) is 1. The van der Waals surface area contributed by atoms with Crippen molar-refractivity contribution in [3.63, 3.8) is 0 Å². The van der Waals surface area contributed by atoms with Crippen LogP contribution in [0.2, 0.25) is 0 Å². The highest BCUT2D eigenvalue weighted by molar-refractivity contribution is 9.12. The smallest absolute Gasteiger partial charge is 0.141 e. The summed E-state index contributed by atoms with van der Waals surface area (Å²) in [5, 5.41) is 0. The first kappa shape index (κ1) is 12.2. The maximum Gasteiger partial charge on any atom is 0.141 e. The lowest BCUT2D eigenvalue weighted by Crippen LogP contribution is -2.12. The van der Waals surface area contributed by atoms with Crippen LogP contribution in [0.15, 0.2) is 32.1 Å². The Morgan fingerprint density at radius 1 is 1.31 bits per heavy atom. The molecule has 2 aromatic heterocycles. The second-order valence-electron chi connectivity index (χ2n) is 3.19. The van der Waals surface area contributed by atoms with E-state index >= 15 is 0 Å². The molecule has 0 saturated heterocycles. The van der Waals surface area contributed by atoms with Crippen molar-refractivity contribution in [1.82, 2.24) is 4.98 Å². The van der Waals surface area contributed by atoms with Crippen molar-refractivity contribution in [3.8, 4) is 0 Å². The first-order valence-corrected chi connectivity index (χ1v) is 6.79. The van der Waals surface area contributed by atoms with E-state index in [0.29, 0.717) is 5.56 Å². The molecule has 2 N–H and O–H groups in total. The van der Waals surface area contributed by atoms with Crippen LogP contribution in [0.4, 0.5) is 4.39 Å². The SMILES string of the molecule is NC(c1cncc(F)c1)c1cc(Br)sc1Br. The van der Waals surface area contributed by atoms with E-state index in [2.05, 4.69) is 36.8 Å². The van der Waals surface area contributed by atoms with Gasteiger partial charge in [-0.2, -0.15) is 0 Å². The molecule has 84 valence electrons. The highest BCUT2D eigenvalue weighted by atomic mass is 79.9. The fourth-order valence-electron chi connectivity index (χ4n) is 1.34. The van der Waals surface area contributed by atoms with E-state index in [9.17, 15) is 4.39 Å². The highest BCUT2D eigenvalue weighted by Gasteiger charge is 2.15. The Morgan fingerprint density at radius 3 is 2.62 bits per heavy atom. The topological polar surface area (TPSA) is 38.9 Å². The third-order valence-corrected chi connectivity index (χ3v) is 4.49. The molecule has 1 atom stereocenters. The summed E-state index contributed by atoms with van der Waals surface area (Å²) in [4.78, 5) is 3.79. The summed E-state index contributed by atoms with van der Waals surface area (Å²) in [5.41, 5.74) is 7.63. The number of rotatable bonds is 2. The van der Waals surface area contributed by atoms with Crippen LogP contribution in [0, 0.1) is 5.82 Å². The predicted octanol–water partition coefficient (Wildman–Crippen LogP) is 3.86. The van der Waals surface area contributed by atoms with E-state index in [4.69, 9.17) is 5.73 Å². The summed E-state index contributed by atoms with van der Waals surface area (Å²) >= 11 is 8.35. The zero-order chi connectivity index (χ0) is 11.7. The molecule has 0 aliphatic carbocycles. The number of pyridine rings is 1. The van der Waals surface area contributed by atoms with Gasteiger partial charge in [-0.1, -0.05) is 0 Å². The fourth-order valence-corrected chi connectivity index (χ4v) is 4.27. The molecule has 2 nitrogen and oxygen atoms in total. The first-order valence-electron chi connectivity index (χ1n) is 4.38. The van der Waals surface area contributed by atoms with Crippen LogP contribution in [0.5, 0.6) is 0 Å². The molecule has 0 aliphatic rings. The normalized spacial score (nSPS) is 12.8. The van der Waals surface area contributed by atoms with Gasteiger partial charge >= 0.3 is 0 Å². The van der Waals surface area contributed by atoms with Crippen molar-refractivity contribution in [3.05, 3.63) is 49.0 Å². The van der Waals surface area contributed by atoms with E-state index in [1.54, 1.807) is 6.20 Å². The minimum atomic E-state index is -0.377. The summed E-state index contributed by atoms with van der Waals surface area (Å²) in [6.07, 6.45) is 2.74. The van der Waals surface area contributed by atoms with Gasteiger partial charge in [0, 0.05) is 6.20 Å². The van der Waals surface area contributed by atoms with Crippen LogP contribution in [-0.2, 0) is 0 Å². The first-order chi connectivity index (χ1) is 7.58. The van der Waals surface area contributed by atoms with Crippen LogP contribution < -0.4 is 5.73 Å². The molecule has 0 amide bonds. The third kappa shape index (κ3) is 2.51. The van der Waals surface area contributed by atoms with Crippen LogP contribution in [0.25, 0.3) is 0 Å². The van der Waals surface area contributed by atoms with E-state index in [1.165, 1.54) is 17.4 Å². The molecular formula is C10H7Br2FN2S. The number of aromatic nitrogens is 1. The molecule has 0 bridgehead atoms. The fraction of sp³-hybridized carbons (Fsp3) is 0.100. The Bertz CT molecular complexity index is 515. The zero-order valence-electron chi connectivity index (χ0n) is 7.95. The Hall–Kier alpha value is -0.300. The van der Waals surface area contributed by atoms with Gasteiger partial charge in [0.15, 0.2) is 0 Å². The maximum absolute atomic E-state index is 13.0. The van der Waals surface area contributed by atoms with Gasteiger partial charge in [-0.3, -0.25) is 4.98 Å². The molecule has 16 heavy (non-hydrogen) atoms. The van der Waals surface area contributed by atoms with Gasteiger partial charge in [-0.25, -0.2) is 4.39 Å². The summed E-state index contributed by atoms with van der Waals surface area (Å²) in [7, 11) is 0. The number of hydrogen-bond acceptors (Lipinski definition) is 3. The monoisotopic (exact) mass is 364 g/mol. The number of halogens is 3. The molecule has 0 aliphatic heterocycles. The van der Waals surface area contributed by atoms with E-state index < -0.39 is 0 Å². The van der Waals surface area contributed by atoms with Crippen molar-refractivity contribution in [2.24, 2.45) is 5.73 Å². The molecule has 0 aromatic carbocycles. The molecule has 0 spiro atoms. The van der Waals surface area contributed by atoms with Crippen LogP contribution in [0.3, 0.4) is 0 Å². The summed E-state index contributed by atoms with van der Waals surface area (Å²) in [6, 6.07) is 2.94. The average molecular weight is 366 g/mol. The van der Waals surface area contributed by atoms with E-state index in [0.717, 1.165) is 19.3 Å². The van der Waals surface area contributed by atoms with Gasteiger partial charge in [-0.05, 0) is 55.1 Å². The third-order valence-electron chi connectivity index (χ3n) is 2.10. The summed E-state index contributed by atoms with van der Waals surface area (Å²) in [6.45, 7) is 0. The van der Waals surface area contributed by atoms with E-state index in [1.807, 2.05) is 6.07 Å². The number of thiophene rings is 1. The van der Waals surface area contributed by atoms with Crippen LogP contribution in [-0.4, -0.2) is 4.98 Å². The second-order valence-corrected chi connectivity index (χ2v) is 6.94. The van der Waals surface area contributed by atoms with Crippen LogP contribution >= 0.6 is 43.2 Å². The standard InChI is InChI=1S/C10H7Br2FN2S/c11-8-2-7(10(12)16-8)9(14)5-1-6(13)4-15-3-5/h1-4,9H,14H2. The Labute approximate surface area is 113 Å². The molecule has 2 heterocycles. The minimum absolute atomic E-state index is 0.375. The second kappa shape index (κ2) is 4.91. The lowest BCUT2D eigenvalue weighted by atomic mass is 10.0.